The third-order valence-electron chi connectivity index (χ3n) is 2.51. The molecule has 1 aliphatic rings. The van der Waals surface area contributed by atoms with E-state index in [1.54, 1.807) is 0 Å². The monoisotopic (exact) mass is 138 g/mol. The lowest BCUT2D eigenvalue weighted by Crippen LogP contribution is -2.31. The minimum absolute atomic E-state index is 0.248. The van der Waals surface area contributed by atoms with Crippen molar-refractivity contribution in [2.24, 2.45) is 11.8 Å². The average Bonchev–Trinajstić information content (AvgIpc) is 1.86. The number of rotatable bonds is 3. The van der Waals surface area contributed by atoms with Crippen molar-refractivity contribution in [1.82, 2.24) is 0 Å². The van der Waals surface area contributed by atoms with Crippen molar-refractivity contribution in [3.05, 3.63) is 12.7 Å². The quantitative estimate of drug-likeness (QED) is 0.546. The topological polar surface area (TPSA) is 17.1 Å². The molecule has 2 atom stereocenters. The first-order chi connectivity index (χ1) is 4.79. The summed E-state index contributed by atoms with van der Waals surface area (Å²) in [5.74, 6) is 1.23. The van der Waals surface area contributed by atoms with Gasteiger partial charge >= 0.3 is 0 Å². The van der Waals surface area contributed by atoms with Gasteiger partial charge in [0, 0.05) is 5.92 Å². The Morgan fingerprint density at radius 3 is 2.70 bits per heavy atom. The highest BCUT2D eigenvalue weighted by molar-refractivity contribution is 5.91. The van der Waals surface area contributed by atoms with Crippen LogP contribution in [0.3, 0.4) is 0 Å². The van der Waals surface area contributed by atoms with E-state index < -0.39 is 0 Å². The Labute approximate surface area is 62.1 Å². The Morgan fingerprint density at radius 1 is 1.70 bits per heavy atom. The highest BCUT2D eigenvalue weighted by atomic mass is 16.1. The van der Waals surface area contributed by atoms with Crippen LogP contribution in [0.25, 0.3) is 0 Å². The van der Waals surface area contributed by atoms with Gasteiger partial charge in [-0.25, -0.2) is 0 Å². The molecule has 0 radical (unpaired) electrons. The highest BCUT2D eigenvalue weighted by Crippen LogP contribution is 2.37. The van der Waals surface area contributed by atoms with Crippen LogP contribution in [-0.2, 0) is 4.79 Å². The Bertz CT molecular complexity index is 147. The Hall–Kier alpha value is -0.590. The molecule has 0 aromatic rings. The van der Waals surface area contributed by atoms with E-state index in [4.69, 9.17) is 0 Å². The summed E-state index contributed by atoms with van der Waals surface area (Å²) in [7, 11) is 0. The lowest BCUT2D eigenvalue weighted by atomic mass is 9.70. The zero-order chi connectivity index (χ0) is 7.56. The van der Waals surface area contributed by atoms with Gasteiger partial charge in [-0.15, -0.1) is 0 Å². The first-order valence-electron chi connectivity index (χ1n) is 3.95. The molecule has 0 aromatic heterocycles. The van der Waals surface area contributed by atoms with Gasteiger partial charge in [-0.3, -0.25) is 4.79 Å². The molecule has 0 saturated heterocycles. The molecular weight excluding hydrogens is 124 g/mol. The minimum atomic E-state index is 0.248. The number of hydrogen-bond donors (Lipinski definition) is 0. The standard InChI is InChI=1S/C9H14O/c1-3-7-5-6-8(7)9(10)4-2/h4,7-8H,2-3,5-6H2,1H3/t7-,8-/m1/s1. The fraction of sp³-hybridized carbons (Fsp3) is 0.667. The second-order valence-corrected chi connectivity index (χ2v) is 2.96. The normalized spacial score (nSPS) is 30.9. The molecule has 1 aliphatic carbocycles. The lowest BCUT2D eigenvalue weighted by molar-refractivity contribution is -0.123. The van der Waals surface area contributed by atoms with Crippen molar-refractivity contribution >= 4 is 5.78 Å². The molecule has 0 amide bonds. The summed E-state index contributed by atoms with van der Waals surface area (Å²) in [5, 5.41) is 0. The van der Waals surface area contributed by atoms with E-state index in [-0.39, 0.29) is 5.78 Å². The fourth-order valence-electron chi connectivity index (χ4n) is 1.58. The fourth-order valence-corrected chi connectivity index (χ4v) is 1.58. The molecule has 1 nitrogen and oxygen atoms in total. The molecule has 0 heterocycles. The summed E-state index contributed by atoms with van der Waals surface area (Å²) < 4.78 is 0. The third kappa shape index (κ3) is 1.13. The summed E-state index contributed by atoms with van der Waals surface area (Å²) in [5.41, 5.74) is 0. The van der Waals surface area contributed by atoms with Gasteiger partial charge in [-0.05, 0) is 24.8 Å². The van der Waals surface area contributed by atoms with E-state index in [1.807, 2.05) is 0 Å². The molecule has 0 N–H and O–H groups in total. The van der Waals surface area contributed by atoms with Crippen LogP contribution in [0.1, 0.15) is 26.2 Å². The largest absolute Gasteiger partial charge is 0.295 e. The molecule has 1 fully saturated rings. The van der Waals surface area contributed by atoms with E-state index >= 15 is 0 Å². The predicted molar refractivity (Wildman–Crippen MR) is 41.7 cm³/mol. The first-order valence-corrected chi connectivity index (χ1v) is 3.95. The minimum Gasteiger partial charge on any atom is -0.295 e. The van der Waals surface area contributed by atoms with Crippen LogP contribution in [0, 0.1) is 11.8 Å². The van der Waals surface area contributed by atoms with Crippen molar-refractivity contribution in [2.45, 2.75) is 26.2 Å². The molecule has 0 aliphatic heterocycles. The number of carbonyl (C=O) groups is 1. The number of carbonyl (C=O) groups excluding carboxylic acids is 1. The molecule has 1 rings (SSSR count). The molecule has 1 heteroatoms. The van der Waals surface area contributed by atoms with E-state index in [9.17, 15) is 4.79 Å². The second kappa shape index (κ2) is 3.00. The van der Waals surface area contributed by atoms with E-state index in [0.717, 1.165) is 12.8 Å². The molecule has 1 saturated carbocycles. The summed E-state index contributed by atoms with van der Waals surface area (Å²) in [4.78, 5) is 11.0. The Balaban J connectivity index is 2.42. The predicted octanol–water partition coefficient (Wildman–Crippen LogP) is 2.18. The summed E-state index contributed by atoms with van der Waals surface area (Å²) in [6.07, 6.45) is 4.93. The van der Waals surface area contributed by atoms with Crippen molar-refractivity contribution in [2.75, 3.05) is 0 Å². The average molecular weight is 138 g/mol. The number of ketones is 1. The zero-order valence-electron chi connectivity index (χ0n) is 6.47. The van der Waals surface area contributed by atoms with E-state index in [2.05, 4.69) is 13.5 Å². The van der Waals surface area contributed by atoms with Gasteiger partial charge in [0.15, 0.2) is 5.78 Å². The maximum Gasteiger partial charge on any atom is 0.158 e. The maximum absolute atomic E-state index is 11.0. The van der Waals surface area contributed by atoms with Crippen LogP contribution in [-0.4, -0.2) is 5.78 Å². The third-order valence-corrected chi connectivity index (χ3v) is 2.51. The maximum atomic E-state index is 11.0. The second-order valence-electron chi connectivity index (χ2n) is 2.96. The lowest BCUT2D eigenvalue weighted by Gasteiger charge is -2.33. The highest BCUT2D eigenvalue weighted by Gasteiger charge is 2.33. The van der Waals surface area contributed by atoms with E-state index in [1.165, 1.54) is 12.5 Å². The Kier molecular flexibility index (Phi) is 2.25. The molecule has 10 heavy (non-hydrogen) atoms. The van der Waals surface area contributed by atoms with Crippen molar-refractivity contribution < 1.29 is 4.79 Å². The van der Waals surface area contributed by atoms with Gasteiger partial charge in [0.2, 0.25) is 0 Å². The van der Waals surface area contributed by atoms with Crippen molar-refractivity contribution in [1.29, 1.82) is 0 Å². The molecule has 0 bridgehead atoms. The number of hydrogen-bond acceptors (Lipinski definition) is 1. The van der Waals surface area contributed by atoms with Crippen LogP contribution in [0.5, 0.6) is 0 Å². The smallest absolute Gasteiger partial charge is 0.158 e. The van der Waals surface area contributed by atoms with Crippen LogP contribution >= 0.6 is 0 Å². The Morgan fingerprint density at radius 2 is 2.40 bits per heavy atom. The SMILES string of the molecule is C=CC(=O)[C@@H]1CC[C@H]1CC. The van der Waals surface area contributed by atoms with Gasteiger partial charge in [-0.2, -0.15) is 0 Å². The summed E-state index contributed by atoms with van der Waals surface area (Å²) >= 11 is 0. The molecular formula is C9H14O. The van der Waals surface area contributed by atoms with Crippen LogP contribution in [0.2, 0.25) is 0 Å². The van der Waals surface area contributed by atoms with Crippen molar-refractivity contribution in [3.8, 4) is 0 Å². The van der Waals surface area contributed by atoms with Crippen LogP contribution in [0.4, 0.5) is 0 Å². The van der Waals surface area contributed by atoms with Crippen LogP contribution in [0.15, 0.2) is 12.7 Å². The molecule has 0 spiro atoms. The summed E-state index contributed by atoms with van der Waals surface area (Å²) in [6.45, 7) is 5.63. The van der Waals surface area contributed by atoms with Gasteiger partial charge in [0.1, 0.15) is 0 Å². The van der Waals surface area contributed by atoms with Crippen LogP contribution < -0.4 is 0 Å². The molecule has 56 valence electrons. The van der Waals surface area contributed by atoms with Gasteiger partial charge < -0.3 is 0 Å². The molecule has 0 aromatic carbocycles. The van der Waals surface area contributed by atoms with Crippen molar-refractivity contribution in [3.63, 3.8) is 0 Å². The zero-order valence-corrected chi connectivity index (χ0v) is 6.47. The molecule has 0 unspecified atom stereocenters. The first kappa shape index (κ1) is 7.52. The number of allylic oxidation sites excluding steroid dienone is 1. The van der Waals surface area contributed by atoms with Gasteiger partial charge in [0.05, 0.1) is 0 Å². The van der Waals surface area contributed by atoms with Gasteiger partial charge in [0.25, 0.3) is 0 Å². The van der Waals surface area contributed by atoms with Gasteiger partial charge in [-0.1, -0.05) is 19.9 Å². The van der Waals surface area contributed by atoms with E-state index in [0.29, 0.717) is 11.8 Å². The summed E-state index contributed by atoms with van der Waals surface area (Å²) in [6, 6.07) is 0.